The predicted octanol–water partition coefficient (Wildman–Crippen LogP) is 2.90. The van der Waals surface area contributed by atoms with Crippen molar-refractivity contribution in [1.29, 1.82) is 0 Å². The molecule has 2 atom stereocenters. The third-order valence-electron chi connectivity index (χ3n) is 4.50. The Kier molecular flexibility index (Phi) is 5.70. The highest BCUT2D eigenvalue weighted by Crippen LogP contribution is 2.41. The molecule has 0 unspecified atom stereocenters. The summed E-state index contributed by atoms with van der Waals surface area (Å²) < 4.78 is 77.6. The average molecular weight is 445 g/mol. The van der Waals surface area contributed by atoms with Crippen LogP contribution in [0.25, 0.3) is 0 Å². The Balaban J connectivity index is 1.95. The van der Waals surface area contributed by atoms with Crippen LogP contribution in [0.15, 0.2) is 29.5 Å². The second-order valence-electron chi connectivity index (χ2n) is 6.79. The van der Waals surface area contributed by atoms with E-state index in [4.69, 9.17) is 10.5 Å². The number of anilines is 1. The predicted molar refractivity (Wildman–Crippen MR) is 97.4 cm³/mol. The van der Waals surface area contributed by atoms with E-state index in [-0.39, 0.29) is 17.3 Å². The van der Waals surface area contributed by atoms with Gasteiger partial charge >= 0.3 is 6.18 Å². The third-order valence-corrected chi connectivity index (χ3v) is 4.50. The van der Waals surface area contributed by atoms with E-state index >= 15 is 0 Å². The number of methoxy groups -OCH3 is 1. The number of ether oxygens (including phenoxy) is 2. The van der Waals surface area contributed by atoms with Crippen LogP contribution >= 0.6 is 0 Å². The van der Waals surface area contributed by atoms with Gasteiger partial charge in [-0.3, -0.25) is 4.79 Å². The van der Waals surface area contributed by atoms with Crippen LogP contribution in [0.2, 0.25) is 0 Å². The molecule has 0 saturated heterocycles. The molecular weight excluding hydrogens is 429 g/mol. The number of aliphatic imine (C=N–C) groups is 1. The smallest absolute Gasteiger partial charge is 0.425 e. The number of carbonyl (C=O) groups excluding carboxylic acids is 1. The maximum absolute atomic E-state index is 14.5. The largest absolute Gasteiger partial charge is 0.480 e. The van der Waals surface area contributed by atoms with Gasteiger partial charge in [0.2, 0.25) is 5.88 Å². The molecule has 1 aliphatic heterocycles. The minimum absolute atomic E-state index is 0.147. The zero-order valence-electron chi connectivity index (χ0n) is 16.1. The van der Waals surface area contributed by atoms with Gasteiger partial charge in [-0.15, -0.1) is 0 Å². The fraction of sp³-hybridized carbons (Fsp3) is 0.333. The standard InChI is InChI=1S/C18H16F5N5O3/c1-17(5-12(18(21,22)23)31-16(24)28-17)9-3-8(4-10(19)14(9)20)27-15(29)11-6-26-13(30-2)7-25-11/h3-4,6-7,12H,5H2,1-2H3,(H2,24,28)(H,27,29)/t12-,17+/m0/s1. The Bertz CT molecular complexity index is 1030. The molecule has 2 aromatic rings. The number of nitrogens with two attached hydrogens (primary N) is 1. The molecular formula is C18H16F5N5O3. The number of amidine groups is 1. The van der Waals surface area contributed by atoms with Crippen molar-refractivity contribution in [3.8, 4) is 5.88 Å². The second kappa shape index (κ2) is 7.96. The van der Waals surface area contributed by atoms with Crippen LogP contribution in [0.4, 0.5) is 27.6 Å². The highest BCUT2D eigenvalue weighted by atomic mass is 19.4. The van der Waals surface area contributed by atoms with E-state index in [0.717, 1.165) is 19.2 Å². The Morgan fingerprint density at radius 2 is 2.00 bits per heavy atom. The number of nitrogens with zero attached hydrogens (tertiary/aromatic N) is 3. The van der Waals surface area contributed by atoms with E-state index in [1.165, 1.54) is 13.3 Å². The average Bonchev–Trinajstić information content (AvgIpc) is 2.69. The van der Waals surface area contributed by atoms with E-state index in [1.807, 2.05) is 0 Å². The Morgan fingerprint density at radius 3 is 2.58 bits per heavy atom. The Hall–Kier alpha value is -3.51. The fourth-order valence-corrected chi connectivity index (χ4v) is 3.00. The number of carbonyl (C=O) groups is 1. The monoisotopic (exact) mass is 445 g/mol. The van der Waals surface area contributed by atoms with Crippen molar-refractivity contribution >= 4 is 17.6 Å². The van der Waals surface area contributed by atoms with Crippen LogP contribution in [0, 0.1) is 11.6 Å². The molecule has 3 N–H and O–H groups in total. The van der Waals surface area contributed by atoms with Crippen molar-refractivity contribution < 1.29 is 36.2 Å². The molecule has 0 aliphatic carbocycles. The van der Waals surface area contributed by atoms with Gasteiger partial charge < -0.3 is 20.5 Å². The Labute approximate surface area is 172 Å². The number of amides is 1. The van der Waals surface area contributed by atoms with Gasteiger partial charge in [0.05, 0.1) is 25.0 Å². The topological polar surface area (TPSA) is 112 Å². The lowest BCUT2D eigenvalue weighted by atomic mass is 9.85. The van der Waals surface area contributed by atoms with Crippen molar-refractivity contribution in [2.75, 3.05) is 12.4 Å². The van der Waals surface area contributed by atoms with Crippen LogP contribution in [0.1, 0.15) is 29.4 Å². The number of hydrogen-bond acceptors (Lipinski definition) is 7. The van der Waals surface area contributed by atoms with Crippen molar-refractivity contribution in [3.05, 3.63) is 47.4 Å². The van der Waals surface area contributed by atoms with Gasteiger partial charge in [0.25, 0.3) is 11.9 Å². The third kappa shape index (κ3) is 4.64. The van der Waals surface area contributed by atoms with Crippen molar-refractivity contribution in [2.24, 2.45) is 10.7 Å². The zero-order valence-corrected chi connectivity index (χ0v) is 16.1. The van der Waals surface area contributed by atoms with Gasteiger partial charge in [-0.2, -0.15) is 13.2 Å². The molecule has 1 amide bonds. The van der Waals surface area contributed by atoms with E-state index in [2.05, 4.69) is 25.0 Å². The van der Waals surface area contributed by atoms with Crippen LogP contribution in [0.5, 0.6) is 5.88 Å². The molecule has 2 heterocycles. The summed E-state index contributed by atoms with van der Waals surface area (Å²) in [5.41, 5.74) is 2.51. The lowest BCUT2D eigenvalue weighted by Crippen LogP contribution is -2.46. The fourth-order valence-electron chi connectivity index (χ4n) is 3.00. The van der Waals surface area contributed by atoms with E-state index in [1.54, 1.807) is 0 Å². The van der Waals surface area contributed by atoms with Gasteiger partial charge in [0.15, 0.2) is 17.7 Å². The van der Waals surface area contributed by atoms with Crippen LogP contribution < -0.4 is 15.8 Å². The van der Waals surface area contributed by atoms with Gasteiger partial charge in [-0.1, -0.05) is 0 Å². The molecule has 31 heavy (non-hydrogen) atoms. The van der Waals surface area contributed by atoms with Gasteiger partial charge in [-0.25, -0.2) is 23.7 Å². The van der Waals surface area contributed by atoms with Gasteiger partial charge in [0, 0.05) is 23.7 Å². The van der Waals surface area contributed by atoms with Crippen LogP contribution in [-0.2, 0) is 10.3 Å². The summed E-state index contributed by atoms with van der Waals surface area (Å²) in [5.74, 6) is -3.50. The van der Waals surface area contributed by atoms with Crippen molar-refractivity contribution in [3.63, 3.8) is 0 Å². The van der Waals surface area contributed by atoms with E-state index in [9.17, 15) is 26.7 Å². The maximum atomic E-state index is 14.5. The van der Waals surface area contributed by atoms with Gasteiger partial charge in [0.1, 0.15) is 5.69 Å². The van der Waals surface area contributed by atoms with Crippen molar-refractivity contribution in [2.45, 2.75) is 31.2 Å². The van der Waals surface area contributed by atoms with Gasteiger partial charge in [-0.05, 0) is 13.0 Å². The number of nitrogens with one attached hydrogen (secondary N) is 1. The molecule has 0 saturated carbocycles. The van der Waals surface area contributed by atoms with Crippen LogP contribution in [0.3, 0.4) is 0 Å². The molecule has 8 nitrogen and oxygen atoms in total. The number of rotatable bonds is 4. The van der Waals surface area contributed by atoms with Crippen LogP contribution in [-0.4, -0.2) is 41.3 Å². The molecule has 166 valence electrons. The maximum Gasteiger partial charge on any atom is 0.425 e. The second-order valence-corrected chi connectivity index (χ2v) is 6.79. The first kappa shape index (κ1) is 22.2. The summed E-state index contributed by atoms with van der Waals surface area (Å²) in [7, 11) is 1.35. The summed E-state index contributed by atoms with van der Waals surface area (Å²) in [6, 6.07) is 0.826. The molecule has 0 radical (unpaired) electrons. The number of hydrogen-bond donors (Lipinski definition) is 2. The molecule has 1 aromatic heterocycles. The molecule has 3 rings (SSSR count). The summed E-state index contributed by atoms with van der Waals surface area (Å²) >= 11 is 0. The summed E-state index contributed by atoms with van der Waals surface area (Å²) in [6.45, 7) is 1.15. The lowest BCUT2D eigenvalue weighted by molar-refractivity contribution is -0.208. The van der Waals surface area contributed by atoms with E-state index < -0.39 is 53.4 Å². The molecule has 0 spiro atoms. The Morgan fingerprint density at radius 1 is 1.29 bits per heavy atom. The SMILES string of the molecule is COc1cnc(C(=O)Nc2cc(F)c(F)c([C@@]3(C)C[C@@H](C(F)(F)F)OC(N)=N3)c2)cn1. The van der Waals surface area contributed by atoms with Crippen molar-refractivity contribution in [1.82, 2.24) is 9.97 Å². The highest BCUT2D eigenvalue weighted by molar-refractivity contribution is 6.02. The number of halogens is 5. The molecule has 1 aliphatic rings. The van der Waals surface area contributed by atoms with E-state index in [0.29, 0.717) is 6.07 Å². The quantitative estimate of drug-likeness (QED) is 0.700. The first-order valence-corrected chi connectivity index (χ1v) is 8.68. The first-order chi connectivity index (χ1) is 14.4. The number of aromatic nitrogens is 2. The number of benzene rings is 1. The molecule has 13 heteroatoms. The summed E-state index contributed by atoms with van der Waals surface area (Å²) in [4.78, 5) is 23.7. The molecule has 0 fully saturated rings. The first-order valence-electron chi connectivity index (χ1n) is 8.68. The zero-order chi connectivity index (χ0) is 23.0. The lowest BCUT2D eigenvalue weighted by Gasteiger charge is -2.36. The number of alkyl halides is 3. The summed E-state index contributed by atoms with van der Waals surface area (Å²) in [6.07, 6.45) is -5.77. The minimum Gasteiger partial charge on any atom is -0.480 e. The normalized spacial score (nSPS) is 21.1. The molecule has 1 aromatic carbocycles. The highest BCUT2D eigenvalue weighted by Gasteiger charge is 2.50. The summed E-state index contributed by atoms with van der Waals surface area (Å²) in [5, 5.41) is 2.29. The minimum atomic E-state index is -4.81. The molecule has 0 bridgehead atoms.